The van der Waals surface area contributed by atoms with E-state index in [-0.39, 0.29) is 23.5 Å². The van der Waals surface area contributed by atoms with Crippen molar-refractivity contribution < 1.29 is 20.1 Å². The third kappa shape index (κ3) is 2.86. The number of aliphatic hydroxyl groups is 2. The highest BCUT2D eigenvalue weighted by molar-refractivity contribution is 5.97. The monoisotopic (exact) mass is 249 g/mol. The minimum Gasteiger partial charge on any atom is -0.507 e. The number of aryl methyl sites for hydroxylation is 1. The quantitative estimate of drug-likeness (QED) is 0.696. The molecule has 0 bridgehead atoms. The summed E-state index contributed by atoms with van der Waals surface area (Å²) < 4.78 is 0. The van der Waals surface area contributed by atoms with E-state index >= 15 is 0 Å². The van der Waals surface area contributed by atoms with Crippen molar-refractivity contribution in [3.63, 3.8) is 0 Å². The predicted molar refractivity (Wildman–Crippen MR) is 64.0 cm³/mol. The molecule has 18 heavy (non-hydrogen) atoms. The summed E-state index contributed by atoms with van der Waals surface area (Å²) >= 11 is 0. The molecule has 5 heteroatoms. The molecule has 0 aliphatic heterocycles. The Morgan fingerprint density at radius 3 is 2.56 bits per heavy atom. The van der Waals surface area contributed by atoms with Crippen LogP contribution in [0.5, 0.6) is 5.75 Å². The van der Waals surface area contributed by atoms with Gasteiger partial charge in [-0.3, -0.25) is 4.79 Å². The van der Waals surface area contributed by atoms with Gasteiger partial charge in [0.1, 0.15) is 11.9 Å². The summed E-state index contributed by atoms with van der Waals surface area (Å²) in [6.07, 6.45) is -2.71. The number of phenolic OH excluding ortho intramolecular Hbond substituents is 1. The largest absolute Gasteiger partial charge is 0.507 e. The molecule has 2 atom stereocenters. The summed E-state index contributed by atoms with van der Waals surface area (Å²) in [5.74, 6) is -0.527. The molecule has 0 radical (unpaired) electrons. The van der Waals surface area contributed by atoms with E-state index in [0.29, 0.717) is 11.1 Å². The molecule has 0 spiro atoms. The van der Waals surface area contributed by atoms with Crippen LogP contribution in [0.3, 0.4) is 0 Å². The fourth-order valence-corrected chi connectivity index (χ4v) is 1.73. The van der Waals surface area contributed by atoms with E-state index in [1.165, 1.54) is 19.1 Å². The molecule has 5 nitrogen and oxygen atoms in total. The van der Waals surface area contributed by atoms with Crippen LogP contribution in [-0.2, 0) is 0 Å². The van der Waals surface area contributed by atoms with Gasteiger partial charge in [0.2, 0.25) is 0 Å². The number of carbonyl (C=O) groups excluding carboxylic acids is 1. The summed E-state index contributed by atoms with van der Waals surface area (Å²) in [5.41, 5.74) is 1.04. The lowest BCUT2D eigenvalue weighted by molar-refractivity contribution is 0.0211. The van der Waals surface area contributed by atoms with Gasteiger partial charge in [0.15, 0.2) is 5.78 Å². The Kier molecular flexibility index (Phi) is 4.43. The Morgan fingerprint density at radius 2 is 2.06 bits per heavy atom. The molecule has 0 fully saturated rings. The van der Waals surface area contributed by atoms with Crippen LogP contribution in [0.25, 0.3) is 0 Å². The maximum atomic E-state index is 11.2. The average molecular weight is 249 g/mol. The Hall–Kier alpha value is -1.90. The molecule has 96 valence electrons. The highest BCUT2D eigenvalue weighted by Crippen LogP contribution is 2.29. The second-order valence-corrected chi connectivity index (χ2v) is 4.16. The molecule has 1 aromatic carbocycles. The van der Waals surface area contributed by atoms with Gasteiger partial charge in [-0.25, -0.2) is 0 Å². The minimum absolute atomic E-state index is 0.165. The summed E-state index contributed by atoms with van der Waals surface area (Å²) in [5, 5.41) is 37.5. The fourth-order valence-electron chi connectivity index (χ4n) is 1.73. The van der Waals surface area contributed by atoms with E-state index in [1.54, 1.807) is 13.0 Å². The number of hydrogen-bond donors (Lipinski definition) is 3. The number of ketones is 1. The number of hydrogen-bond acceptors (Lipinski definition) is 5. The first-order chi connectivity index (χ1) is 8.38. The van der Waals surface area contributed by atoms with Gasteiger partial charge in [-0.05, 0) is 37.1 Å². The molecule has 0 aliphatic rings. The number of benzene rings is 1. The molecule has 0 aliphatic carbocycles. The fraction of sp³-hybridized carbons (Fsp3) is 0.385. The molecular weight excluding hydrogens is 234 g/mol. The number of aliphatic hydroxyl groups excluding tert-OH is 2. The second kappa shape index (κ2) is 5.63. The first-order valence-corrected chi connectivity index (χ1v) is 5.46. The van der Waals surface area contributed by atoms with Crippen molar-refractivity contribution in [2.45, 2.75) is 32.5 Å². The first kappa shape index (κ1) is 14.2. The third-order valence-corrected chi connectivity index (χ3v) is 2.75. The van der Waals surface area contributed by atoms with Crippen molar-refractivity contribution in [3.05, 3.63) is 28.8 Å². The van der Waals surface area contributed by atoms with Gasteiger partial charge in [-0.1, -0.05) is 0 Å². The predicted octanol–water partition coefficient (Wildman–Crippen LogP) is 1.21. The van der Waals surface area contributed by atoms with E-state index in [4.69, 9.17) is 5.26 Å². The molecule has 1 aromatic rings. The van der Waals surface area contributed by atoms with Crippen molar-refractivity contribution in [1.82, 2.24) is 0 Å². The number of nitriles is 1. The van der Waals surface area contributed by atoms with Gasteiger partial charge in [0, 0.05) is 0 Å². The van der Waals surface area contributed by atoms with Crippen molar-refractivity contribution >= 4 is 5.78 Å². The zero-order valence-corrected chi connectivity index (χ0v) is 10.2. The Balaban J connectivity index is 3.16. The van der Waals surface area contributed by atoms with Crippen molar-refractivity contribution in [2.24, 2.45) is 0 Å². The summed E-state index contributed by atoms with van der Waals surface area (Å²) in [4.78, 5) is 11.2. The Morgan fingerprint density at radius 1 is 1.44 bits per heavy atom. The van der Waals surface area contributed by atoms with E-state index in [0.717, 1.165) is 0 Å². The third-order valence-electron chi connectivity index (χ3n) is 2.75. The molecule has 0 saturated heterocycles. The second-order valence-electron chi connectivity index (χ2n) is 4.16. The SMILES string of the molecule is CC(=O)c1cc(C)c(C(O)C(O)CC#N)cc1O. The zero-order valence-electron chi connectivity index (χ0n) is 10.2. The summed E-state index contributed by atoms with van der Waals surface area (Å²) in [6, 6.07) is 4.46. The molecule has 2 unspecified atom stereocenters. The molecular formula is C13H15NO4. The summed E-state index contributed by atoms with van der Waals surface area (Å²) in [6.45, 7) is 2.98. The first-order valence-electron chi connectivity index (χ1n) is 5.46. The highest BCUT2D eigenvalue weighted by atomic mass is 16.3. The van der Waals surface area contributed by atoms with Crippen LogP contribution in [0.2, 0.25) is 0 Å². The zero-order chi connectivity index (χ0) is 13.9. The number of nitrogens with zero attached hydrogens (tertiary/aromatic N) is 1. The van der Waals surface area contributed by atoms with Crippen molar-refractivity contribution in [3.8, 4) is 11.8 Å². The van der Waals surface area contributed by atoms with Crippen LogP contribution in [0.1, 0.15) is 40.9 Å². The standard InChI is InChI=1S/C13H15NO4/c1-7-5-10(8(2)15)12(17)6-9(7)13(18)11(16)3-4-14/h5-6,11,13,16-18H,3H2,1-2H3. The maximum absolute atomic E-state index is 11.2. The van der Waals surface area contributed by atoms with Crippen LogP contribution in [0, 0.1) is 18.3 Å². The van der Waals surface area contributed by atoms with Gasteiger partial charge in [0.05, 0.1) is 24.2 Å². The normalized spacial score (nSPS) is 13.7. The van der Waals surface area contributed by atoms with E-state index in [2.05, 4.69) is 0 Å². The van der Waals surface area contributed by atoms with Gasteiger partial charge in [0.25, 0.3) is 0 Å². The molecule has 0 aromatic heterocycles. The van der Waals surface area contributed by atoms with Crippen LogP contribution in [-0.4, -0.2) is 27.2 Å². The van der Waals surface area contributed by atoms with Crippen LogP contribution in [0.15, 0.2) is 12.1 Å². The van der Waals surface area contributed by atoms with Crippen molar-refractivity contribution in [1.29, 1.82) is 5.26 Å². The van der Waals surface area contributed by atoms with E-state index < -0.39 is 12.2 Å². The Bertz CT molecular complexity index is 504. The molecule has 1 rings (SSSR count). The maximum Gasteiger partial charge on any atom is 0.163 e. The smallest absolute Gasteiger partial charge is 0.163 e. The number of phenols is 1. The van der Waals surface area contributed by atoms with Gasteiger partial charge in [-0.2, -0.15) is 5.26 Å². The highest BCUT2D eigenvalue weighted by Gasteiger charge is 2.22. The lowest BCUT2D eigenvalue weighted by Gasteiger charge is -2.18. The minimum atomic E-state index is -1.27. The van der Waals surface area contributed by atoms with Gasteiger partial charge >= 0.3 is 0 Å². The number of rotatable bonds is 4. The van der Waals surface area contributed by atoms with Crippen LogP contribution >= 0.6 is 0 Å². The van der Waals surface area contributed by atoms with E-state index in [9.17, 15) is 20.1 Å². The average Bonchev–Trinajstić information content (AvgIpc) is 2.30. The number of aromatic hydroxyl groups is 1. The molecule has 0 amide bonds. The van der Waals surface area contributed by atoms with Gasteiger partial charge in [-0.15, -0.1) is 0 Å². The lowest BCUT2D eigenvalue weighted by Crippen LogP contribution is -2.18. The van der Waals surface area contributed by atoms with Crippen molar-refractivity contribution in [2.75, 3.05) is 0 Å². The molecule has 0 heterocycles. The molecule has 0 saturated carbocycles. The van der Waals surface area contributed by atoms with Crippen LogP contribution < -0.4 is 0 Å². The van der Waals surface area contributed by atoms with E-state index in [1.807, 2.05) is 0 Å². The lowest BCUT2D eigenvalue weighted by atomic mass is 9.95. The number of Topliss-reactive ketones (excluding diaryl/α,β-unsaturated/α-hetero) is 1. The van der Waals surface area contributed by atoms with Gasteiger partial charge < -0.3 is 15.3 Å². The topological polar surface area (TPSA) is 102 Å². The Labute approximate surface area is 105 Å². The number of carbonyl (C=O) groups is 1. The van der Waals surface area contributed by atoms with Crippen LogP contribution in [0.4, 0.5) is 0 Å². The molecule has 3 N–H and O–H groups in total. The summed E-state index contributed by atoms with van der Waals surface area (Å²) in [7, 11) is 0.